The smallest absolute Gasteiger partial charge is 0.258 e. The van der Waals surface area contributed by atoms with Gasteiger partial charge in [0.2, 0.25) is 11.0 Å². The summed E-state index contributed by atoms with van der Waals surface area (Å²) in [6.45, 7) is 0. The Bertz CT molecular complexity index is 844. The summed E-state index contributed by atoms with van der Waals surface area (Å²) < 4.78 is 0. The molecule has 0 spiro atoms. The molecule has 0 saturated carbocycles. The van der Waals surface area contributed by atoms with Crippen molar-refractivity contribution in [1.29, 1.82) is 0 Å². The van der Waals surface area contributed by atoms with Crippen LogP contribution in [-0.4, -0.2) is 26.1 Å². The Labute approximate surface area is 129 Å². The van der Waals surface area contributed by atoms with Gasteiger partial charge in [-0.1, -0.05) is 23.5 Å². The van der Waals surface area contributed by atoms with Crippen molar-refractivity contribution in [3.8, 4) is 0 Å². The first-order valence-corrected chi connectivity index (χ1v) is 7.64. The number of carbonyl (C=O) groups excluding carboxylic acids is 1. The first kappa shape index (κ1) is 14.3. The molecule has 2 heterocycles. The maximum absolute atomic E-state index is 11.9. The van der Waals surface area contributed by atoms with Crippen LogP contribution in [-0.2, 0) is 11.2 Å². The van der Waals surface area contributed by atoms with E-state index in [4.69, 9.17) is 0 Å². The summed E-state index contributed by atoms with van der Waals surface area (Å²) in [4.78, 5) is 30.8. The Morgan fingerprint density at radius 3 is 3.00 bits per heavy atom. The van der Waals surface area contributed by atoms with E-state index in [1.54, 1.807) is 23.7 Å². The number of aromatic nitrogens is 4. The Morgan fingerprint density at radius 2 is 2.18 bits per heavy atom. The summed E-state index contributed by atoms with van der Waals surface area (Å²) in [5, 5.41) is 11.1. The summed E-state index contributed by atoms with van der Waals surface area (Å²) in [6, 6.07) is 7.18. The third-order valence-electron chi connectivity index (χ3n) is 3.09. The normalized spacial score (nSPS) is 10.7. The second-order valence-corrected chi connectivity index (χ2v) is 5.51. The zero-order chi connectivity index (χ0) is 15.4. The van der Waals surface area contributed by atoms with Gasteiger partial charge in [-0.15, -0.1) is 10.2 Å². The molecule has 0 atom stereocenters. The van der Waals surface area contributed by atoms with Crippen molar-refractivity contribution < 1.29 is 4.79 Å². The number of hydrogen-bond acceptors (Lipinski definition) is 6. The highest BCUT2D eigenvalue weighted by molar-refractivity contribution is 7.13. The van der Waals surface area contributed by atoms with Crippen LogP contribution in [0.3, 0.4) is 0 Å². The van der Waals surface area contributed by atoms with E-state index in [9.17, 15) is 9.59 Å². The van der Waals surface area contributed by atoms with E-state index in [0.717, 1.165) is 0 Å². The van der Waals surface area contributed by atoms with Gasteiger partial charge in [0.25, 0.3) is 5.56 Å². The van der Waals surface area contributed by atoms with Crippen LogP contribution in [0.25, 0.3) is 10.9 Å². The highest BCUT2D eigenvalue weighted by atomic mass is 32.1. The zero-order valence-electron chi connectivity index (χ0n) is 11.6. The topological polar surface area (TPSA) is 101 Å². The Balaban J connectivity index is 1.60. The minimum atomic E-state index is -0.154. The number of amides is 1. The van der Waals surface area contributed by atoms with Gasteiger partial charge in [-0.3, -0.25) is 9.59 Å². The minimum Gasteiger partial charge on any atom is -0.310 e. The second-order valence-electron chi connectivity index (χ2n) is 4.68. The average molecular weight is 315 g/mol. The highest BCUT2D eigenvalue weighted by Gasteiger charge is 2.07. The number of benzene rings is 1. The molecule has 3 aromatic rings. The van der Waals surface area contributed by atoms with Crippen LogP contribution in [0.1, 0.15) is 18.7 Å². The predicted octanol–water partition coefficient (Wildman–Crippen LogP) is 1.74. The van der Waals surface area contributed by atoms with Gasteiger partial charge in [-0.25, -0.2) is 4.98 Å². The average Bonchev–Trinajstić information content (AvgIpc) is 3.00. The number of hydrogen-bond donors (Lipinski definition) is 2. The largest absolute Gasteiger partial charge is 0.310 e. The Morgan fingerprint density at radius 1 is 1.32 bits per heavy atom. The van der Waals surface area contributed by atoms with Crippen molar-refractivity contribution in [1.82, 2.24) is 20.2 Å². The van der Waals surface area contributed by atoms with Crippen molar-refractivity contribution in [2.45, 2.75) is 19.3 Å². The van der Waals surface area contributed by atoms with E-state index in [2.05, 4.69) is 25.5 Å². The van der Waals surface area contributed by atoms with E-state index >= 15 is 0 Å². The minimum absolute atomic E-state index is 0.125. The van der Waals surface area contributed by atoms with Crippen LogP contribution in [0.4, 0.5) is 5.13 Å². The van der Waals surface area contributed by atoms with Crippen LogP contribution in [0.5, 0.6) is 0 Å². The molecule has 1 amide bonds. The monoisotopic (exact) mass is 315 g/mol. The molecule has 1 aromatic carbocycles. The van der Waals surface area contributed by atoms with E-state index < -0.39 is 0 Å². The third kappa shape index (κ3) is 3.34. The molecule has 0 radical (unpaired) electrons. The Hall–Kier alpha value is -2.61. The van der Waals surface area contributed by atoms with Gasteiger partial charge in [-0.05, 0) is 18.6 Å². The molecular weight excluding hydrogens is 302 g/mol. The van der Waals surface area contributed by atoms with E-state index in [1.807, 2.05) is 6.07 Å². The first-order valence-electron chi connectivity index (χ1n) is 6.76. The number of nitrogens with one attached hydrogen (secondary N) is 2. The van der Waals surface area contributed by atoms with E-state index in [1.165, 1.54) is 11.3 Å². The van der Waals surface area contributed by atoms with Gasteiger partial charge in [0.05, 0.1) is 10.9 Å². The number of rotatable bonds is 5. The quantitative estimate of drug-likeness (QED) is 0.747. The molecule has 0 saturated heterocycles. The maximum atomic E-state index is 11.9. The molecule has 22 heavy (non-hydrogen) atoms. The summed E-state index contributed by atoms with van der Waals surface area (Å²) in [6.07, 6.45) is 1.45. The number of para-hydroxylation sites is 1. The SMILES string of the molecule is O=C(CCCc1nc2ccccc2c(=O)[nH]1)Nc1nncs1. The summed E-state index contributed by atoms with van der Waals surface area (Å²) in [5.74, 6) is 0.465. The number of fused-ring (bicyclic) bond motifs is 1. The molecular formula is C14H13N5O2S. The molecule has 0 aliphatic carbocycles. The lowest BCUT2D eigenvalue weighted by atomic mass is 10.2. The van der Waals surface area contributed by atoms with Gasteiger partial charge < -0.3 is 10.3 Å². The van der Waals surface area contributed by atoms with Gasteiger partial charge >= 0.3 is 0 Å². The third-order valence-corrected chi connectivity index (χ3v) is 3.69. The van der Waals surface area contributed by atoms with Crippen LogP contribution < -0.4 is 10.9 Å². The predicted molar refractivity (Wildman–Crippen MR) is 83.8 cm³/mol. The van der Waals surface area contributed by atoms with E-state index in [0.29, 0.717) is 41.1 Å². The number of aryl methyl sites for hydroxylation is 1. The van der Waals surface area contributed by atoms with Crippen LogP contribution in [0, 0.1) is 0 Å². The molecule has 0 bridgehead atoms. The molecule has 2 aromatic heterocycles. The lowest BCUT2D eigenvalue weighted by Crippen LogP contribution is -2.14. The lowest BCUT2D eigenvalue weighted by Gasteiger charge is -2.03. The van der Waals surface area contributed by atoms with Crippen molar-refractivity contribution in [3.63, 3.8) is 0 Å². The lowest BCUT2D eigenvalue weighted by molar-refractivity contribution is -0.116. The fourth-order valence-electron chi connectivity index (χ4n) is 2.08. The molecule has 0 aliphatic heterocycles. The maximum Gasteiger partial charge on any atom is 0.258 e. The summed E-state index contributed by atoms with van der Waals surface area (Å²) >= 11 is 1.27. The van der Waals surface area contributed by atoms with Crippen LogP contribution >= 0.6 is 11.3 Å². The second kappa shape index (κ2) is 6.44. The number of H-pyrrole nitrogens is 1. The summed E-state index contributed by atoms with van der Waals surface area (Å²) in [5.41, 5.74) is 2.07. The van der Waals surface area contributed by atoms with Crippen molar-refractivity contribution in [2.24, 2.45) is 0 Å². The number of nitrogens with zero attached hydrogens (tertiary/aromatic N) is 3. The fraction of sp³-hybridized carbons (Fsp3) is 0.214. The van der Waals surface area contributed by atoms with E-state index in [-0.39, 0.29) is 11.5 Å². The van der Waals surface area contributed by atoms with Crippen LogP contribution in [0.15, 0.2) is 34.6 Å². The fourth-order valence-corrected chi connectivity index (χ4v) is 2.54. The van der Waals surface area contributed by atoms with Gasteiger partial charge in [0, 0.05) is 12.8 Å². The van der Waals surface area contributed by atoms with Gasteiger partial charge in [-0.2, -0.15) is 0 Å². The molecule has 0 fully saturated rings. The van der Waals surface area contributed by atoms with Crippen molar-refractivity contribution in [2.75, 3.05) is 5.32 Å². The first-order chi connectivity index (χ1) is 10.7. The Kier molecular flexibility index (Phi) is 4.19. The standard InChI is InChI=1S/C14H13N5O2S/c20-12(18-14-19-15-8-22-14)7-3-6-11-16-10-5-2-1-4-9(10)13(21)17-11/h1-2,4-5,8H,3,6-7H2,(H,16,17,21)(H,18,19,20). The highest BCUT2D eigenvalue weighted by Crippen LogP contribution is 2.10. The molecule has 112 valence electrons. The number of carbonyl (C=O) groups is 1. The number of aromatic amines is 1. The zero-order valence-corrected chi connectivity index (χ0v) is 12.4. The number of anilines is 1. The molecule has 8 heteroatoms. The molecule has 7 nitrogen and oxygen atoms in total. The molecule has 3 rings (SSSR count). The molecule has 0 unspecified atom stereocenters. The van der Waals surface area contributed by atoms with Gasteiger partial charge in [0.1, 0.15) is 11.3 Å². The summed E-state index contributed by atoms with van der Waals surface area (Å²) in [7, 11) is 0. The molecule has 2 N–H and O–H groups in total. The van der Waals surface area contributed by atoms with Crippen molar-refractivity contribution in [3.05, 3.63) is 46.0 Å². The van der Waals surface area contributed by atoms with Gasteiger partial charge in [0.15, 0.2) is 0 Å². The van der Waals surface area contributed by atoms with Crippen molar-refractivity contribution >= 4 is 33.3 Å². The molecule has 0 aliphatic rings. The van der Waals surface area contributed by atoms with Crippen LogP contribution in [0.2, 0.25) is 0 Å².